The first kappa shape index (κ1) is 11.9. The first-order valence-corrected chi connectivity index (χ1v) is 6.12. The van der Waals surface area contributed by atoms with E-state index in [9.17, 15) is 5.26 Å². The Bertz CT molecular complexity index is 437. The monoisotopic (exact) mass is 229 g/mol. The maximum Gasteiger partial charge on any atom is 0.101 e. The molecule has 0 amide bonds. The molecule has 1 heterocycles. The Morgan fingerprint density at radius 2 is 1.94 bits per heavy atom. The summed E-state index contributed by atoms with van der Waals surface area (Å²) in [5.41, 5.74) is 3.06. The number of hydrogen-bond acceptors (Lipinski definition) is 3. The van der Waals surface area contributed by atoms with Gasteiger partial charge in [-0.05, 0) is 38.5 Å². The summed E-state index contributed by atoms with van der Waals surface area (Å²) in [7, 11) is 0. The lowest BCUT2D eigenvalue weighted by Gasteiger charge is -2.38. The maximum absolute atomic E-state index is 9.18. The summed E-state index contributed by atoms with van der Waals surface area (Å²) in [5, 5.41) is 12.7. The Morgan fingerprint density at radius 1 is 1.29 bits per heavy atom. The zero-order valence-electron chi connectivity index (χ0n) is 10.7. The average Bonchev–Trinajstić information content (AvgIpc) is 2.27. The lowest BCUT2D eigenvalue weighted by Crippen LogP contribution is -2.54. The molecule has 1 aliphatic rings. The van der Waals surface area contributed by atoms with E-state index in [2.05, 4.69) is 43.1 Å². The van der Waals surface area contributed by atoms with Crippen LogP contribution >= 0.6 is 0 Å². The van der Waals surface area contributed by atoms with Crippen LogP contribution < -0.4 is 10.2 Å². The first-order valence-electron chi connectivity index (χ1n) is 6.12. The van der Waals surface area contributed by atoms with Gasteiger partial charge in [0.2, 0.25) is 0 Å². The second kappa shape index (κ2) is 4.77. The molecule has 0 bridgehead atoms. The highest BCUT2D eigenvalue weighted by Gasteiger charge is 2.22. The van der Waals surface area contributed by atoms with Crippen molar-refractivity contribution in [1.82, 2.24) is 5.32 Å². The molecule has 2 unspecified atom stereocenters. The Labute approximate surface area is 103 Å². The van der Waals surface area contributed by atoms with Crippen molar-refractivity contribution in [2.24, 2.45) is 0 Å². The second-order valence-electron chi connectivity index (χ2n) is 5.01. The minimum absolute atomic E-state index is 0.464. The molecule has 0 spiro atoms. The number of nitriles is 1. The number of aryl methyl sites for hydroxylation is 1. The second-order valence-corrected chi connectivity index (χ2v) is 5.01. The molecule has 1 N–H and O–H groups in total. The molecule has 2 atom stereocenters. The number of hydrogen-bond donors (Lipinski definition) is 1. The van der Waals surface area contributed by atoms with Gasteiger partial charge in [0.25, 0.3) is 0 Å². The minimum Gasteiger partial charge on any atom is -0.367 e. The number of benzene rings is 1. The molecule has 1 fully saturated rings. The van der Waals surface area contributed by atoms with Crippen LogP contribution in [0.5, 0.6) is 0 Å². The van der Waals surface area contributed by atoms with E-state index in [0.717, 1.165) is 24.3 Å². The number of piperazine rings is 1. The van der Waals surface area contributed by atoms with Crippen molar-refractivity contribution < 1.29 is 0 Å². The lowest BCUT2D eigenvalue weighted by molar-refractivity contribution is 0.407. The van der Waals surface area contributed by atoms with Crippen molar-refractivity contribution >= 4 is 5.69 Å². The van der Waals surface area contributed by atoms with Crippen LogP contribution in [0.3, 0.4) is 0 Å². The summed E-state index contributed by atoms with van der Waals surface area (Å²) in [6.07, 6.45) is 0. The topological polar surface area (TPSA) is 39.1 Å². The van der Waals surface area contributed by atoms with Gasteiger partial charge in [-0.2, -0.15) is 5.26 Å². The van der Waals surface area contributed by atoms with E-state index in [1.807, 2.05) is 12.1 Å². The van der Waals surface area contributed by atoms with Gasteiger partial charge in [-0.3, -0.25) is 0 Å². The van der Waals surface area contributed by atoms with E-state index in [1.54, 1.807) is 0 Å². The molecule has 0 saturated carbocycles. The molecule has 1 saturated heterocycles. The van der Waals surface area contributed by atoms with Gasteiger partial charge in [0, 0.05) is 25.2 Å². The standard InChI is InChI=1S/C14H19N3/c1-10-4-5-13(7-15)14(6-10)17-8-11(2)16-12(3)9-17/h4-6,11-12,16H,8-9H2,1-3H3. The molecular weight excluding hydrogens is 210 g/mol. The third kappa shape index (κ3) is 2.59. The third-order valence-electron chi connectivity index (χ3n) is 3.17. The summed E-state index contributed by atoms with van der Waals surface area (Å²) in [5.74, 6) is 0. The van der Waals surface area contributed by atoms with Crippen LogP contribution in [0, 0.1) is 18.3 Å². The predicted molar refractivity (Wildman–Crippen MR) is 70.2 cm³/mol. The van der Waals surface area contributed by atoms with Crippen LogP contribution in [0.1, 0.15) is 25.0 Å². The van der Waals surface area contributed by atoms with Crippen LogP contribution in [0.15, 0.2) is 18.2 Å². The molecule has 3 heteroatoms. The zero-order chi connectivity index (χ0) is 12.4. The van der Waals surface area contributed by atoms with Crippen LogP contribution in [0.2, 0.25) is 0 Å². The summed E-state index contributed by atoms with van der Waals surface area (Å²) < 4.78 is 0. The SMILES string of the molecule is Cc1ccc(C#N)c(N2CC(C)NC(C)C2)c1. The third-order valence-corrected chi connectivity index (χ3v) is 3.17. The molecule has 0 aromatic heterocycles. The summed E-state index contributed by atoms with van der Waals surface area (Å²) in [6.45, 7) is 8.36. The quantitative estimate of drug-likeness (QED) is 0.801. The molecule has 1 aliphatic heterocycles. The molecule has 1 aromatic rings. The average molecular weight is 229 g/mol. The van der Waals surface area contributed by atoms with E-state index in [-0.39, 0.29) is 0 Å². The Kier molecular flexibility index (Phi) is 3.35. The summed E-state index contributed by atoms with van der Waals surface area (Å²) in [4.78, 5) is 2.32. The molecule has 0 aliphatic carbocycles. The zero-order valence-corrected chi connectivity index (χ0v) is 10.7. The molecule has 3 nitrogen and oxygen atoms in total. The Balaban J connectivity index is 2.33. The van der Waals surface area contributed by atoms with E-state index in [0.29, 0.717) is 12.1 Å². The van der Waals surface area contributed by atoms with E-state index in [1.165, 1.54) is 5.56 Å². The van der Waals surface area contributed by atoms with E-state index in [4.69, 9.17) is 0 Å². The van der Waals surface area contributed by atoms with Crippen molar-refractivity contribution in [3.05, 3.63) is 29.3 Å². The normalized spacial score (nSPS) is 24.5. The molecule has 2 rings (SSSR count). The van der Waals surface area contributed by atoms with Crippen LogP contribution in [-0.2, 0) is 0 Å². The van der Waals surface area contributed by atoms with Gasteiger partial charge in [0.15, 0.2) is 0 Å². The van der Waals surface area contributed by atoms with Crippen LogP contribution in [0.25, 0.3) is 0 Å². The van der Waals surface area contributed by atoms with Crippen molar-refractivity contribution in [3.63, 3.8) is 0 Å². The smallest absolute Gasteiger partial charge is 0.101 e. The lowest BCUT2D eigenvalue weighted by atomic mass is 10.1. The predicted octanol–water partition coefficient (Wildman–Crippen LogP) is 2.05. The van der Waals surface area contributed by atoms with Gasteiger partial charge in [-0.15, -0.1) is 0 Å². The number of rotatable bonds is 1. The fourth-order valence-electron chi connectivity index (χ4n) is 2.52. The van der Waals surface area contributed by atoms with Gasteiger partial charge in [-0.1, -0.05) is 6.07 Å². The van der Waals surface area contributed by atoms with Gasteiger partial charge < -0.3 is 10.2 Å². The molecule has 90 valence electrons. The molecule has 1 aromatic carbocycles. The number of anilines is 1. The Morgan fingerprint density at radius 3 is 2.53 bits per heavy atom. The van der Waals surface area contributed by atoms with Crippen LogP contribution in [0.4, 0.5) is 5.69 Å². The summed E-state index contributed by atoms with van der Waals surface area (Å²) >= 11 is 0. The van der Waals surface area contributed by atoms with Crippen LogP contribution in [-0.4, -0.2) is 25.2 Å². The number of nitrogens with zero attached hydrogens (tertiary/aromatic N) is 2. The van der Waals surface area contributed by atoms with Gasteiger partial charge in [0.1, 0.15) is 6.07 Å². The van der Waals surface area contributed by atoms with Crippen molar-refractivity contribution in [3.8, 4) is 6.07 Å². The van der Waals surface area contributed by atoms with Gasteiger partial charge in [0.05, 0.1) is 11.3 Å². The van der Waals surface area contributed by atoms with E-state index >= 15 is 0 Å². The van der Waals surface area contributed by atoms with Crippen molar-refractivity contribution in [2.75, 3.05) is 18.0 Å². The highest BCUT2D eigenvalue weighted by molar-refractivity contribution is 5.61. The Hall–Kier alpha value is -1.53. The van der Waals surface area contributed by atoms with Gasteiger partial charge >= 0.3 is 0 Å². The van der Waals surface area contributed by atoms with Crippen molar-refractivity contribution in [1.29, 1.82) is 5.26 Å². The molecule has 0 radical (unpaired) electrons. The first-order chi connectivity index (χ1) is 8.10. The van der Waals surface area contributed by atoms with Crippen molar-refractivity contribution in [2.45, 2.75) is 32.9 Å². The largest absolute Gasteiger partial charge is 0.367 e. The maximum atomic E-state index is 9.18. The minimum atomic E-state index is 0.464. The van der Waals surface area contributed by atoms with E-state index < -0.39 is 0 Å². The highest BCUT2D eigenvalue weighted by atomic mass is 15.2. The molecule has 17 heavy (non-hydrogen) atoms. The summed E-state index contributed by atoms with van der Waals surface area (Å²) in [6, 6.07) is 9.25. The van der Waals surface area contributed by atoms with Gasteiger partial charge in [-0.25, -0.2) is 0 Å². The highest BCUT2D eigenvalue weighted by Crippen LogP contribution is 2.23. The number of nitrogens with one attached hydrogen (secondary N) is 1. The fraction of sp³-hybridized carbons (Fsp3) is 0.500. The molecular formula is C14H19N3. The fourth-order valence-corrected chi connectivity index (χ4v) is 2.52.